The lowest BCUT2D eigenvalue weighted by Gasteiger charge is -2.45. The van der Waals surface area contributed by atoms with Crippen molar-refractivity contribution < 1.29 is 9.59 Å². The summed E-state index contributed by atoms with van der Waals surface area (Å²) in [6.07, 6.45) is 2.18. The molecule has 108 valence electrons. The summed E-state index contributed by atoms with van der Waals surface area (Å²) < 4.78 is 0. The van der Waals surface area contributed by atoms with Crippen LogP contribution in [0.25, 0.3) is 0 Å². The van der Waals surface area contributed by atoms with E-state index in [1.807, 2.05) is 0 Å². The number of pyridine rings is 1. The van der Waals surface area contributed by atoms with E-state index in [0.29, 0.717) is 35.4 Å². The second-order valence-electron chi connectivity index (χ2n) is 5.98. The van der Waals surface area contributed by atoms with Crippen LogP contribution < -0.4 is 10.6 Å². The summed E-state index contributed by atoms with van der Waals surface area (Å²) in [5.74, 6) is -0.0665. The van der Waals surface area contributed by atoms with Crippen LogP contribution in [0.4, 0.5) is 11.4 Å². The molecule has 0 saturated carbocycles. The fourth-order valence-corrected chi connectivity index (χ4v) is 2.49. The van der Waals surface area contributed by atoms with E-state index in [-0.39, 0.29) is 5.91 Å². The van der Waals surface area contributed by atoms with Gasteiger partial charge >= 0.3 is 0 Å². The van der Waals surface area contributed by atoms with Gasteiger partial charge in [-0.25, -0.2) is 0 Å². The number of aryl methyl sites for hydroxylation is 1. The Balaban J connectivity index is 1.91. The van der Waals surface area contributed by atoms with Gasteiger partial charge < -0.3 is 10.6 Å². The highest BCUT2D eigenvalue weighted by atomic mass is 16.2. The van der Waals surface area contributed by atoms with E-state index >= 15 is 0 Å². The molecule has 0 spiro atoms. The molecule has 2 N–H and O–H groups in total. The number of nitrogens with one attached hydrogen (secondary N) is 2. The number of carbonyl (C=O) groups is 2. The molecule has 0 aromatic carbocycles. The monoisotopic (exact) mass is 276 g/mol. The number of aromatic nitrogens is 1. The molecule has 6 heteroatoms. The summed E-state index contributed by atoms with van der Waals surface area (Å²) in [5, 5.41) is 5.35. The van der Waals surface area contributed by atoms with Gasteiger partial charge in [0.15, 0.2) is 0 Å². The van der Waals surface area contributed by atoms with Crippen LogP contribution in [0.1, 0.15) is 19.5 Å². The topological polar surface area (TPSA) is 74.3 Å². The number of hydrogen-bond acceptors (Lipinski definition) is 4. The highest BCUT2D eigenvalue weighted by molar-refractivity contribution is 5.93. The zero-order chi connectivity index (χ0) is 14.8. The minimum atomic E-state index is -0.0665. The molecule has 2 heterocycles. The van der Waals surface area contributed by atoms with Crippen molar-refractivity contribution in [2.24, 2.45) is 5.41 Å². The molecule has 6 nitrogen and oxygen atoms in total. The zero-order valence-electron chi connectivity index (χ0n) is 12.1. The Morgan fingerprint density at radius 1 is 1.50 bits per heavy atom. The third-order valence-electron chi connectivity index (χ3n) is 3.26. The first-order valence-corrected chi connectivity index (χ1v) is 6.59. The molecule has 1 fully saturated rings. The normalized spacial score (nSPS) is 17.1. The molecule has 1 aromatic heterocycles. The van der Waals surface area contributed by atoms with Gasteiger partial charge in [-0.15, -0.1) is 0 Å². The van der Waals surface area contributed by atoms with Crippen LogP contribution >= 0.6 is 0 Å². The lowest BCUT2D eigenvalue weighted by atomic mass is 9.84. The third kappa shape index (κ3) is 3.54. The lowest BCUT2D eigenvalue weighted by Crippen LogP contribution is -2.54. The molecule has 0 aliphatic carbocycles. The van der Waals surface area contributed by atoms with Crippen molar-refractivity contribution >= 4 is 23.7 Å². The Morgan fingerprint density at radius 3 is 2.80 bits per heavy atom. The highest BCUT2D eigenvalue weighted by Gasteiger charge is 2.34. The minimum Gasteiger partial charge on any atom is -0.327 e. The molecule has 2 rings (SSSR count). The van der Waals surface area contributed by atoms with Crippen LogP contribution in [-0.2, 0) is 9.59 Å². The van der Waals surface area contributed by atoms with Gasteiger partial charge in [0.2, 0.25) is 12.3 Å². The van der Waals surface area contributed by atoms with Crippen LogP contribution in [0.5, 0.6) is 0 Å². The van der Waals surface area contributed by atoms with E-state index < -0.39 is 0 Å². The van der Waals surface area contributed by atoms with Crippen LogP contribution in [-0.4, -0.2) is 41.8 Å². The van der Waals surface area contributed by atoms with Crippen LogP contribution in [0.15, 0.2) is 12.3 Å². The molecule has 1 aliphatic rings. The molecule has 2 amide bonds. The molecular weight excluding hydrogens is 256 g/mol. The summed E-state index contributed by atoms with van der Waals surface area (Å²) in [4.78, 5) is 28.6. The van der Waals surface area contributed by atoms with Crippen molar-refractivity contribution in [3.05, 3.63) is 18.0 Å². The van der Waals surface area contributed by atoms with E-state index in [9.17, 15) is 9.59 Å². The van der Waals surface area contributed by atoms with Crippen molar-refractivity contribution in [1.82, 2.24) is 9.88 Å². The van der Waals surface area contributed by atoms with Crippen molar-refractivity contribution in [1.29, 1.82) is 0 Å². The molecule has 0 unspecified atom stereocenters. The van der Waals surface area contributed by atoms with Gasteiger partial charge in [0.1, 0.15) is 0 Å². The standard InChI is InChI=1S/C14H20N4O2/c1-10-12(16-9-19)4-11(5-15-10)17-13(20)6-18-7-14(2,3)8-18/h4-5,9H,6-8H2,1-3H3,(H,16,19)(H,17,20). The highest BCUT2D eigenvalue weighted by Crippen LogP contribution is 2.28. The molecule has 0 bridgehead atoms. The number of hydrogen-bond donors (Lipinski definition) is 2. The smallest absolute Gasteiger partial charge is 0.238 e. The van der Waals surface area contributed by atoms with Gasteiger partial charge in [0, 0.05) is 13.1 Å². The molecule has 20 heavy (non-hydrogen) atoms. The Bertz CT molecular complexity index is 520. The number of likely N-dealkylation sites (tertiary alicyclic amines) is 1. The first-order chi connectivity index (χ1) is 9.39. The molecular formula is C14H20N4O2. The van der Waals surface area contributed by atoms with Crippen LogP contribution in [0.3, 0.4) is 0 Å². The van der Waals surface area contributed by atoms with E-state index in [2.05, 4.69) is 34.4 Å². The maximum Gasteiger partial charge on any atom is 0.238 e. The number of anilines is 2. The summed E-state index contributed by atoms with van der Waals surface area (Å²) >= 11 is 0. The van der Waals surface area contributed by atoms with E-state index in [1.54, 1.807) is 19.2 Å². The van der Waals surface area contributed by atoms with Gasteiger partial charge in [-0.2, -0.15) is 0 Å². The fraction of sp³-hybridized carbons (Fsp3) is 0.500. The molecule has 0 atom stereocenters. The van der Waals surface area contributed by atoms with Crippen molar-refractivity contribution in [3.63, 3.8) is 0 Å². The summed E-state index contributed by atoms with van der Waals surface area (Å²) in [6.45, 7) is 8.41. The SMILES string of the molecule is Cc1ncc(NC(=O)CN2CC(C)(C)C2)cc1NC=O. The van der Waals surface area contributed by atoms with E-state index in [1.165, 1.54) is 0 Å². The maximum absolute atomic E-state index is 11.9. The number of nitrogens with zero attached hydrogens (tertiary/aromatic N) is 2. The van der Waals surface area contributed by atoms with Crippen molar-refractivity contribution in [3.8, 4) is 0 Å². The number of amides is 2. The quantitative estimate of drug-likeness (QED) is 0.793. The Kier molecular flexibility index (Phi) is 4.04. The van der Waals surface area contributed by atoms with Gasteiger partial charge in [-0.05, 0) is 18.4 Å². The first kappa shape index (κ1) is 14.5. The summed E-state index contributed by atoms with van der Waals surface area (Å²) in [6, 6.07) is 1.70. The minimum absolute atomic E-state index is 0.0665. The van der Waals surface area contributed by atoms with Crippen molar-refractivity contribution in [2.45, 2.75) is 20.8 Å². The van der Waals surface area contributed by atoms with Crippen LogP contribution in [0, 0.1) is 12.3 Å². The van der Waals surface area contributed by atoms with Gasteiger partial charge in [0.05, 0.1) is 29.8 Å². The van der Waals surface area contributed by atoms with E-state index in [4.69, 9.17) is 0 Å². The van der Waals surface area contributed by atoms with Crippen LogP contribution in [0.2, 0.25) is 0 Å². The third-order valence-corrected chi connectivity index (χ3v) is 3.26. The summed E-state index contributed by atoms with van der Waals surface area (Å²) in [7, 11) is 0. The average Bonchev–Trinajstić information content (AvgIpc) is 2.31. The van der Waals surface area contributed by atoms with Gasteiger partial charge in [-0.3, -0.25) is 19.5 Å². The zero-order valence-corrected chi connectivity index (χ0v) is 12.1. The predicted octanol–water partition coefficient (Wildman–Crippen LogP) is 1.24. The second kappa shape index (κ2) is 5.58. The average molecular weight is 276 g/mol. The van der Waals surface area contributed by atoms with Crippen molar-refractivity contribution in [2.75, 3.05) is 30.3 Å². The second-order valence-corrected chi connectivity index (χ2v) is 5.98. The molecule has 1 aromatic rings. The molecule has 0 radical (unpaired) electrons. The van der Waals surface area contributed by atoms with E-state index in [0.717, 1.165) is 13.1 Å². The fourth-order valence-electron chi connectivity index (χ4n) is 2.49. The molecule has 1 aliphatic heterocycles. The summed E-state index contributed by atoms with van der Waals surface area (Å²) in [5.41, 5.74) is 2.21. The predicted molar refractivity (Wildman–Crippen MR) is 77.5 cm³/mol. The van der Waals surface area contributed by atoms with Gasteiger partial charge in [-0.1, -0.05) is 13.8 Å². The number of rotatable bonds is 5. The van der Waals surface area contributed by atoms with Gasteiger partial charge in [0.25, 0.3) is 0 Å². The molecule has 1 saturated heterocycles. The largest absolute Gasteiger partial charge is 0.327 e. The lowest BCUT2D eigenvalue weighted by molar-refractivity contribution is -0.120. The Labute approximate surface area is 118 Å². The Hall–Kier alpha value is -1.95. The Morgan fingerprint density at radius 2 is 2.20 bits per heavy atom. The maximum atomic E-state index is 11.9. The first-order valence-electron chi connectivity index (χ1n) is 6.59. The number of carbonyl (C=O) groups excluding carboxylic acids is 2.